The average Bonchev–Trinajstić information content (AvgIpc) is 3.49. The predicted octanol–water partition coefficient (Wildman–Crippen LogP) is 1.57. The van der Waals surface area contributed by atoms with Gasteiger partial charge in [0.1, 0.15) is 24.1 Å². The minimum absolute atomic E-state index is 0.157. The number of aliphatic hydroxyl groups excluding tert-OH is 1. The molecule has 3 aromatic rings. The van der Waals surface area contributed by atoms with E-state index in [0.29, 0.717) is 33.3 Å². The number of hydrogen-bond donors (Lipinski definition) is 2. The molecule has 33 heavy (non-hydrogen) atoms. The predicted molar refractivity (Wildman–Crippen MR) is 118 cm³/mol. The molecule has 2 fully saturated rings. The van der Waals surface area contributed by atoms with Crippen LogP contribution in [0, 0.1) is 0 Å². The third kappa shape index (κ3) is 3.86. The molecule has 11 nitrogen and oxygen atoms in total. The summed E-state index contributed by atoms with van der Waals surface area (Å²) in [6.07, 6.45) is -1.82. The number of carbonyl (C=O) groups excluding carboxylic acids is 1. The van der Waals surface area contributed by atoms with Crippen molar-refractivity contribution >= 4 is 34.5 Å². The molecule has 5 heterocycles. The van der Waals surface area contributed by atoms with Gasteiger partial charge in [0.05, 0.1) is 42.1 Å². The first kappa shape index (κ1) is 21.8. The van der Waals surface area contributed by atoms with Gasteiger partial charge in [0.2, 0.25) is 11.8 Å². The van der Waals surface area contributed by atoms with E-state index in [1.807, 2.05) is 0 Å². The second kappa shape index (κ2) is 8.41. The van der Waals surface area contributed by atoms with Crippen molar-refractivity contribution in [1.82, 2.24) is 19.9 Å². The van der Waals surface area contributed by atoms with Gasteiger partial charge >= 0.3 is 0 Å². The number of H-pyrrole nitrogens is 1. The lowest BCUT2D eigenvalue weighted by atomic mass is 10.1. The van der Waals surface area contributed by atoms with Crippen LogP contribution in [0.15, 0.2) is 18.2 Å². The number of aliphatic hydroxyl groups is 1. The van der Waals surface area contributed by atoms with E-state index in [2.05, 4.69) is 19.9 Å². The highest BCUT2D eigenvalue weighted by atomic mass is 35.5. The number of aromatic amines is 1. The lowest BCUT2D eigenvalue weighted by Crippen LogP contribution is -2.34. The molecular weight excluding hydrogens is 454 g/mol. The zero-order valence-electron chi connectivity index (χ0n) is 18.1. The van der Waals surface area contributed by atoms with Crippen LogP contribution in [0.2, 0.25) is 5.02 Å². The Labute approximate surface area is 193 Å². The first-order valence-electron chi connectivity index (χ1n) is 10.3. The highest BCUT2D eigenvalue weighted by molar-refractivity contribution is 6.33. The summed E-state index contributed by atoms with van der Waals surface area (Å²) in [7, 11) is 3.11. The van der Waals surface area contributed by atoms with Gasteiger partial charge < -0.3 is 33.9 Å². The molecular formula is C21H22ClN5O6. The third-order valence-electron chi connectivity index (χ3n) is 5.76. The van der Waals surface area contributed by atoms with Crippen molar-refractivity contribution in [2.45, 2.75) is 31.3 Å². The van der Waals surface area contributed by atoms with E-state index in [1.54, 1.807) is 25.2 Å². The van der Waals surface area contributed by atoms with Crippen molar-refractivity contribution < 1.29 is 28.8 Å². The van der Waals surface area contributed by atoms with Gasteiger partial charge in [-0.3, -0.25) is 4.79 Å². The fourth-order valence-electron chi connectivity index (χ4n) is 3.94. The van der Waals surface area contributed by atoms with Crippen LogP contribution in [0.1, 0.15) is 6.92 Å². The molecule has 0 spiro atoms. The van der Waals surface area contributed by atoms with E-state index in [-0.39, 0.29) is 37.1 Å². The molecule has 3 aromatic heterocycles. The molecule has 4 atom stereocenters. The number of halogens is 1. The van der Waals surface area contributed by atoms with Crippen LogP contribution in [0.5, 0.6) is 11.9 Å². The summed E-state index contributed by atoms with van der Waals surface area (Å²) in [4.78, 5) is 29.5. The molecule has 2 saturated heterocycles. The Hall–Kier alpha value is -2.99. The van der Waals surface area contributed by atoms with Gasteiger partial charge in [-0.2, -0.15) is 9.97 Å². The zero-order chi connectivity index (χ0) is 23.3. The van der Waals surface area contributed by atoms with Gasteiger partial charge in [-0.25, -0.2) is 4.98 Å². The standard InChI is InChI=1S/C21H22ClN5O6/c1-9(28)27(2)15-5-4-10(20(24-15)30-3)16-11(22)6-12-19(25-16)26-21(23-12)33-14-8-32-17-13(29)7-31-18(14)17/h4-6,13-14,17-18,29H,7-8H2,1-3H3,(H,23,25,26)/t13-,14-,17-,18-/m1/s1. The number of anilines is 1. The van der Waals surface area contributed by atoms with Crippen LogP contribution >= 0.6 is 11.6 Å². The Morgan fingerprint density at radius 3 is 2.79 bits per heavy atom. The van der Waals surface area contributed by atoms with Gasteiger partial charge in [0.25, 0.3) is 6.01 Å². The van der Waals surface area contributed by atoms with Crippen LogP contribution in [0.3, 0.4) is 0 Å². The van der Waals surface area contributed by atoms with Crippen molar-refractivity contribution in [3.05, 3.63) is 23.2 Å². The number of rotatable bonds is 5. The fraction of sp³-hybridized carbons (Fsp3) is 0.429. The minimum Gasteiger partial charge on any atom is -0.480 e. The molecule has 5 rings (SSSR count). The zero-order valence-corrected chi connectivity index (χ0v) is 18.9. The lowest BCUT2D eigenvalue weighted by Gasteiger charge is -2.16. The number of fused-ring (bicyclic) bond motifs is 2. The van der Waals surface area contributed by atoms with Gasteiger partial charge in [-0.05, 0) is 18.2 Å². The van der Waals surface area contributed by atoms with Crippen LogP contribution in [0.25, 0.3) is 22.4 Å². The summed E-state index contributed by atoms with van der Waals surface area (Å²) in [6.45, 7) is 1.95. The van der Waals surface area contributed by atoms with E-state index in [0.717, 1.165) is 0 Å². The maximum atomic E-state index is 11.7. The number of hydrogen-bond acceptors (Lipinski definition) is 9. The summed E-state index contributed by atoms with van der Waals surface area (Å²) < 4.78 is 22.5. The monoisotopic (exact) mass is 475 g/mol. The summed E-state index contributed by atoms with van der Waals surface area (Å²) in [5, 5.41) is 10.3. The maximum absolute atomic E-state index is 11.7. The molecule has 0 aliphatic carbocycles. The molecule has 0 unspecified atom stereocenters. The van der Waals surface area contributed by atoms with Crippen molar-refractivity contribution in [3.63, 3.8) is 0 Å². The Kier molecular flexibility index (Phi) is 5.57. The molecule has 0 aromatic carbocycles. The summed E-state index contributed by atoms with van der Waals surface area (Å²) >= 11 is 6.52. The molecule has 0 bridgehead atoms. The topological polar surface area (TPSA) is 132 Å². The summed E-state index contributed by atoms with van der Waals surface area (Å²) in [6, 6.07) is 5.36. The Bertz CT molecular complexity index is 1220. The van der Waals surface area contributed by atoms with E-state index in [1.165, 1.54) is 18.9 Å². The van der Waals surface area contributed by atoms with Crippen molar-refractivity contribution in [3.8, 4) is 23.1 Å². The smallest absolute Gasteiger partial charge is 0.296 e. The number of nitrogens with zero attached hydrogens (tertiary/aromatic N) is 4. The van der Waals surface area contributed by atoms with Crippen LogP contribution < -0.4 is 14.4 Å². The Morgan fingerprint density at radius 2 is 2.03 bits per heavy atom. The number of carbonyl (C=O) groups is 1. The SMILES string of the molecule is COc1nc(N(C)C(C)=O)ccc1-c1nc2nc(O[C@@H]3CO[C@H]4[C@@H]3OC[C@H]4O)[nH]c2cc1Cl. The van der Waals surface area contributed by atoms with Gasteiger partial charge in [0, 0.05) is 14.0 Å². The maximum Gasteiger partial charge on any atom is 0.296 e. The van der Waals surface area contributed by atoms with E-state index >= 15 is 0 Å². The highest BCUT2D eigenvalue weighted by Crippen LogP contribution is 2.36. The minimum atomic E-state index is -0.660. The number of pyridine rings is 2. The molecule has 0 saturated carbocycles. The number of nitrogens with one attached hydrogen (secondary N) is 1. The van der Waals surface area contributed by atoms with Crippen LogP contribution in [-0.4, -0.2) is 82.7 Å². The van der Waals surface area contributed by atoms with E-state index in [9.17, 15) is 9.90 Å². The van der Waals surface area contributed by atoms with Crippen molar-refractivity contribution in [1.29, 1.82) is 0 Å². The van der Waals surface area contributed by atoms with Gasteiger partial charge in [-0.1, -0.05) is 11.6 Å². The molecule has 2 aliphatic heterocycles. The molecule has 1 amide bonds. The Morgan fingerprint density at radius 1 is 1.24 bits per heavy atom. The second-order valence-electron chi connectivity index (χ2n) is 7.86. The highest BCUT2D eigenvalue weighted by Gasteiger charge is 2.48. The van der Waals surface area contributed by atoms with Crippen molar-refractivity contribution in [2.24, 2.45) is 0 Å². The number of imidazole rings is 1. The number of ether oxygens (including phenoxy) is 4. The lowest BCUT2D eigenvalue weighted by molar-refractivity contribution is -0.116. The quantitative estimate of drug-likeness (QED) is 0.564. The average molecular weight is 476 g/mol. The van der Waals surface area contributed by atoms with Crippen LogP contribution in [0.4, 0.5) is 5.82 Å². The van der Waals surface area contributed by atoms with Crippen LogP contribution in [-0.2, 0) is 14.3 Å². The number of aromatic nitrogens is 4. The third-order valence-corrected chi connectivity index (χ3v) is 6.05. The second-order valence-corrected chi connectivity index (χ2v) is 8.26. The first-order chi connectivity index (χ1) is 15.9. The fourth-order valence-corrected chi connectivity index (χ4v) is 4.20. The molecule has 0 radical (unpaired) electrons. The number of methoxy groups -OCH3 is 1. The molecule has 2 aliphatic rings. The molecule has 174 valence electrons. The largest absolute Gasteiger partial charge is 0.480 e. The first-order valence-corrected chi connectivity index (χ1v) is 10.7. The number of amides is 1. The van der Waals surface area contributed by atoms with Crippen molar-refractivity contribution in [2.75, 3.05) is 32.3 Å². The van der Waals surface area contributed by atoms with E-state index < -0.39 is 18.3 Å². The van der Waals surface area contributed by atoms with Gasteiger partial charge in [-0.15, -0.1) is 0 Å². The van der Waals surface area contributed by atoms with Gasteiger partial charge in [0.15, 0.2) is 11.8 Å². The normalized spacial score (nSPS) is 24.2. The summed E-state index contributed by atoms with van der Waals surface area (Å²) in [5.74, 6) is 0.551. The van der Waals surface area contributed by atoms with E-state index in [4.69, 9.17) is 30.5 Å². The Balaban J connectivity index is 1.44. The summed E-state index contributed by atoms with van der Waals surface area (Å²) in [5.41, 5.74) is 1.95. The molecule has 12 heteroatoms. The molecule has 2 N–H and O–H groups in total.